The molecule has 2 nitrogen and oxygen atoms in total. The first kappa shape index (κ1) is 14.9. The largest absolute Gasteiger partial charge is 0.340 e. The molecule has 1 amide bonds. The van der Waals surface area contributed by atoms with E-state index in [0.717, 1.165) is 19.4 Å². The molecule has 0 N–H and O–H groups in total. The van der Waals surface area contributed by atoms with Crippen LogP contribution in [0.2, 0.25) is 0 Å². The summed E-state index contributed by atoms with van der Waals surface area (Å²) in [6.07, 6.45) is 17.8. The van der Waals surface area contributed by atoms with Crippen LogP contribution in [0.15, 0.2) is 0 Å². The van der Waals surface area contributed by atoms with Gasteiger partial charge in [0.25, 0.3) is 0 Å². The molecule has 19 heavy (non-hydrogen) atoms. The van der Waals surface area contributed by atoms with Crippen molar-refractivity contribution in [3.63, 3.8) is 0 Å². The summed E-state index contributed by atoms with van der Waals surface area (Å²) in [4.78, 5) is 14.7. The topological polar surface area (TPSA) is 20.3 Å². The van der Waals surface area contributed by atoms with Crippen LogP contribution in [0.3, 0.4) is 0 Å². The Morgan fingerprint density at radius 3 is 1.89 bits per heavy atom. The number of carbonyl (C=O) groups excluding carboxylic acids is 1. The summed E-state index contributed by atoms with van der Waals surface area (Å²) < 4.78 is 0. The zero-order valence-electron chi connectivity index (χ0n) is 12.5. The molecule has 0 spiro atoms. The average Bonchev–Trinajstić information content (AvgIpc) is 2.60. The van der Waals surface area contributed by atoms with Crippen LogP contribution < -0.4 is 0 Å². The Bertz CT molecular complexity index is 254. The van der Waals surface area contributed by atoms with E-state index in [1.807, 2.05) is 0 Å². The van der Waals surface area contributed by atoms with Crippen LogP contribution in [-0.4, -0.2) is 23.4 Å². The third kappa shape index (κ3) is 5.16. The van der Waals surface area contributed by atoms with E-state index in [1.165, 1.54) is 77.0 Å². The van der Waals surface area contributed by atoms with Gasteiger partial charge in [0.05, 0.1) is 0 Å². The lowest BCUT2D eigenvalue weighted by Gasteiger charge is -2.32. The first-order chi connectivity index (χ1) is 9.38. The van der Waals surface area contributed by atoms with E-state index in [2.05, 4.69) is 4.90 Å². The maximum Gasteiger partial charge on any atom is 0.222 e. The van der Waals surface area contributed by atoms with Crippen molar-refractivity contribution in [1.82, 2.24) is 4.90 Å². The van der Waals surface area contributed by atoms with Crippen molar-refractivity contribution in [3.05, 3.63) is 0 Å². The monoisotopic (exact) mass is 265 g/mol. The predicted octanol–water partition coefficient (Wildman–Crippen LogP) is 4.67. The summed E-state index contributed by atoms with van der Waals surface area (Å²) >= 11 is 0. The minimum absolute atomic E-state index is 0.450. The molecular formula is C17H31NO. The normalized spacial score (nSPS) is 25.7. The van der Waals surface area contributed by atoms with Crippen molar-refractivity contribution in [2.75, 3.05) is 6.54 Å². The van der Waals surface area contributed by atoms with Crippen molar-refractivity contribution in [3.8, 4) is 0 Å². The quantitative estimate of drug-likeness (QED) is 0.674. The second kappa shape index (κ2) is 8.60. The number of rotatable bonds is 1. The summed E-state index contributed by atoms with van der Waals surface area (Å²) in [5, 5.41) is 0. The minimum Gasteiger partial charge on any atom is -0.340 e. The molecule has 1 saturated carbocycles. The third-order valence-electron chi connectivity index (χ3n) is 4.88. The Kier molecular flexibility index (Phi) is 6.73. The Morgan fingerprint density at radius 1 is 0.684 bits per heavy atom. The zero-order valence-corrected chi connectivity index (χ0v) is 12.5. The van der Waals surface area contributed by atoms with Crippen molar-refractivity contribution < 1.29 is 4.79 Å². The fraction of sp³-hybridized carbons (Fsp3) is 0.941. The molecule has 2 rings (SSSR count). The molecule has 0 atom stereocenters. The fourth-order valence-corrected chi connectivity index (χ4v) is 3.67. The van der Waals surface area contributed by atoms with Gasteiger partial charge in [0, 0.05) is 19.0 Å². The van der Waals surface area contributed by atoms with Gasteiger partial charge >= 0.3 is 0 Å². The third-order valence-corrected chi connectivity index (χ3v) is 4.88. The molecule has 1 aliphatic carbocycles. The molecule has 1 saturated heterocycles. The van der Waals surface area contributed by atoms with Gasteiger partial charge in [-0.05, 0) is 25.7 Å². The van der Waals surface area contributed by atoms with Gasteiger partial charge in [0.1, 0.15) is 0 Å². The lowest BCUT2D eigenvalue weighted by atomic mass is 10.0. The van der Waals surface area contributed by atoms with E-state index in [0.29, 0.717) is 11.9 Å². The number of nitrogens with zero attached hydrogens (tertiary/aromatic N) is 1. The Morgan fingerprint density at radius 2 is 1.21 bits per heavy atom. The lowest BCUT2D eigenvalue weighted by molar-refractivity contribution is -0.134. The highest BCUT2D eigenvalue weighted by molar-refractivity contribution is 5.76. The maximum atomic E-state index is 12.4. The van der Waals surface area contributed by atoms with E-state index in [9.17, 15) is 4.79 Å². The van der Waals surface area contributed by atoms with E-state index < -0.39 is 0 Å². The van der Waals surface area contributed by atoms with Gasteiger partial charge in [-0.25, -0.2) is 0 Å². The maximum absolute atomic E-state index is 12.4. The highest BCUT2D eigenvalue weighted by Gasteiger charge is 2.23. The number of hydrogen-bond donors (Lipinski definition) is 0. The lowest BCUT2D eigenvalue weighted by Crippen LogP contribution is -2.40. The van der Waals surface area contributed by atoms with Crippen molar-refractivity contribution in [2.24, 2.45) is 0 Å². The van der Waals surface area contributed by atoms with E-state index in [-0.39, 0.29) is 0 Å². The first-order valence-electron chi connectivity index (χ1n) is 8.67. The van der Waals surface area contributed by atoms with Crippen LogP contribution in [0.1, 0.15) is 89.9 Å². The van der Waals surface area contributed by atoms with Crippen molar-refractivity contribution >= 4 is 5.91 Å². The molecule has 110 valence electrons. The smallest absolute Gasteiger partial charge is 0.222 e. The molecule has 2 heteroatoms. The summed E-state index contributed by atoms with van der Waals surface area (Å²) in [5.41, 5.74) is 0. The average molecular weight is 265 g/mol. The molecule has 0 aromatic rings. The molecule has 0 aromatic carbocycles. The zero-order chi connectivity index (χ0) is 13.3. The van der Waals surface area contributed by atoms with E-state index in [1.54, 1.807) is 0 Å². The number of carbonyl (C=O) groups is 1. The highest BCUT2D eigenvalue weighted by atomic mass is 16.2. The molecule has 0 bridgehead atoms. The van der Waals surface area contributed by atoms with Crippen molar-refractivity contribution in [1.29, 1.82) is 0 Å². The molecule has 2 aliphatic rings. The summed E-state index contributed by atoms with van der Waals surface area (Å²) in [5.74, 6) is 0.450. The van der Waals surface area contributed by atoms with Crippen molar-refractivity contribution in [2.45, 2.75) is 95.9 Å². The Labute approximate surface area is 118 Å². The number of amides is 1. The second-order valence-corrected chi connectivity index (χ2v) is 6.46. The van der Waals surface area contributed by atoms with Gasteiger partial charge in [-0.1, -0.05) is 57.8 Å². The molecule has 1 aliphatic heterocycles. The number of hydrogen-bond acceptors (Lipinski definition) is 1. The molecule has 1 heterocycles. The van der Waals surface area contributed by atoms with E-state index >= 15 is 0 Å². The van der Waals surface area contributed by atoms with Crippen LogP contribution in [-0.2, 0) is 4.79 Å². The van der Waals surface area contributed by atoms with Crippen LogP contribution in [0.5, 0.6) is 0 Å². The van der Waals surface area contributed by atoms with Gasteiger partial charge in [-0.2, -0.15) is 0 Å². The van der Waals surface area contributed by atoms with Gasteiger partial charge in [-0.3, -0.25) is 4.79 Å². The van der Waals surface area contributed by atoms with E-state index in [4.69, 9.17) is 0 Å². The van der Waals surface area contributed by atoms with Crippen LogP contribution in [0, 0.1) is 0 Å². The molecule has 0 unspecified atom stereocenters. The summed E-state index contributed by atoms with van der Waals surface area (Å²) in [7, 11) is 0. The minimum atomic E-state index is 0.450. The highest BCUT2D eigenvalue weighted by Crippen LogP contribution is 2.23. The van der Waals surface area contributed by atoms with Gasteiger partial charge < -0.3 is 4.90 Å². The standard InChI is InChI=1S/C17H31NO/c19-17-14-10-6-3-7-11-15-18(17)16-12-8-4-1-2-5-9-13-16/h16H,1-15H2. The summed E-state index contributed by atoms with van der Waals surface area (Å²) in [6, 6.07) is 0.559. The second-order valence-electron chi connectivity index (χ2n) is 6.46. The van der Waals surface area contributed by atoms with Gasteiger partial charge in [0.15, 0.2) is 0 Å². The first-order valence-corrected chi connectivity index (χ1v) is 8.67. The summed E-state index contributed by atoms with van der Waals surface area (Å²) in [6.45, 7) is 1.03. The van der Waals surface area contributed by atoms with Gasteiger partial charge in [0.2, 0.25) is 5.91 Å². The SMILES string of the molecule is O=C1CCCCCCCN1C1CCCCCCCC1. The van der Waals surface area contributed by atoms with Crippen LogP contribution in [0.25, 0.3) is 0 Å². The van der Waals surface area contributed by atoms with Crippen LogP contribution >= 0.6 is 0 Å². The molecular weight excluding hydrogens is 234 g/mol. The predicted molar refractivity (Wildman–Crippen MR) is 80.1 cm³/mol. The molecule has 0 radical (unpaired) electrons. The Hall–Kier alpha value is -0.530. The fourth-order valence-electron chi connectivity index (χ4n) is 3.67. The van der Waals surface area contributed by atoms with Crippen LogP contribution in [0.4, 0.5) is 0 Å². The van der Waals surface area contributed by atoms with Gasteiger partial charge in [-0.15, -0.1) is 0 Å². The molecule has 0 aromatic heterocycles. The Balaban J connectivity index is 1.94. The molecule has 2 fully saturated rings.